The van der Waals surface area contributed by atoms with Crippen LogP contribution in [0.4, 0.5) is 5.69 Å². The van der Waals surface area contributed by atoms with Crippen molar-refractivity contribution in [1.82, 2.24) is 14.8 Å². The minimum Gasteiger partial charge on any atom is -0.408 e. The van der Waals surface area contributed by atoms with Crippen LogP contribution in [0.15, 0.2) is 62.7 Å². The molecule has 0 saturated carbocycles. The second-order valence-electron chi connectivity index (χ2n) is 5.47. The fraction of sp³-hybridized carbons (Fsp3) is 0.0588. The Labute approximate surface area is 139 Å². The number of anilines is 1. The van der Waals surface area contributed by atoms with Gasteiger partial charge in [0.1, 0.15) is 6.54 Å². The van der Waals surface area contributed by atoms with Crippen LogP contribution in [0.2, 0.25) is 0 Å². The van der Waals surface area contributed by atoms with Gasteiger partial charge in [0.05, 0.1) is 17.1 Å². The van der Waals surface area contributed by atoms with Gasteiger partial charge in [-0.1, -0.05) is 18.2 Å². The number of benzene rings is 2. The summed E-state index contributed by atoms with van der Waals surface area (Å²) in [7, 11) is 0. The third-order valence-corrected chi connectivity index (χ3v) is 3.76. The Morgan fingerprint density at radius 1 is 1.20 bits per heavy atom. The summed E-state index contributed by atoms with van der Waals surface area (Å²) in [6, 6.07) is 11.8. The summed E-state index contributed by atoms with van der Waals surface area (Å²) in [5.41, 5.74) is 1.02. The van der Waals surface area contributed by atoms with E-state index in [0.29, 0.717) is 22.2 Å². The third kappa shape index (κ3) is 2.80. The molecule has 2 N–H and O–H groups in total. The van der Waals surface area contributed by atoms with Crippen LogP contribution >= 0.6 is 0 Å². The summed E-state index contributed by atoms with van der Waals surface area (Å²) < 4.78 is 6.01. The molecule has 0 bridgehead atoms. The number of hydrogen-bond acceptors (Lipinski definition) is 5. The monoisotopic (exact) mass is 336 g/mol. The molecule has 0 radical (unpaired) electrons. The summed E-state index contributed by atoms with van der Waals surface area (Å²) in [5.74, 6) is -0.972. The van der Waals surface area contributed by atoms with Crippen LogP contribution in [-0.2, 0) is 11.3 Å². The number of fused-ring (bicyclic) bond motifs is 2. The van der Waals surface area contributed by atoms with Crippen molar-refractivity contribution < 1.29 is 9.21 Å². The topological polar surface area (TPSA) is 110 Å². The minimum atomic E-state index is -0.564. The predicted molar refractivity (Wildman–Crippen MR) is 91.5 cm³/mol. The molecule has 0 fully saturated rings. The molecule has 0 aliphatic heterocycles. The number of carbonyl (C=O) groups excluding carboxylic acids is 1. The van der Waals surface area contributed by atoms with Crippen LogP contribution in [0.5, 0.6) is 0 Å². The SMILES string of the molecule is O=C(Cn1ncc2ccccc2c1=O)Nc1ccc2oc(=O)[nH]c2c1. The maximum absolute atomic E-state index is 12.4. The maximum atomic E-state index is 12.4. The Balaban J connectivity index is 1.58. The van der Waals surface area contributed by atoms with Crippen LogP contribution in [0.25, 0.3) is 21.9 Å². The molecule has 0 spiro atoms. The van der Waals surface area contributed by atoms with Gasteiger partial charge in [0.25, 0.3) is 5.56 Å². The quantitative estimate of drug-likeness (QED) is 0.589. The third-order valence-electron chi connectivity index (χ3n) is 3.76. The Morgan fingerprint density at radius 2 is 2.04 bits per heavy atom. The smallest absolute Gasteiger partial charge is 0.408 e. The molecular weight excluding hydrogens is 324 g/mol. The van der Waals surface area contributed by atoms with Crippen LogP contribution in [-0.4, -0.2) is 20.7 Å². The van der Waals surface area contributed by atoms with Crippen molar-refractivity contribution in [2.75, 3.05) is 5.32 Å². The van der Waals surface area contributed by atoms with Gasteiger partial charge in [0.2, 0.25) is 5.91 Å². The first kappa shape index (κ1) is 14.9. The van der Waals surface area contributed by atoms with E-state index in [9.17, 15) is 14.4 Å². The van der Waals surface area contributed by atoms with Crippen molar-refractivity contribution in [3.05, 3.63) is 69.6 Å². The highest BCUT2D eigenvalue weighted by Crippen LogP contribution is 2.16. The summed E-state index contributed by atoms with van der Waals surface area (Å²) in [4.78, 5) is 38.2. The number of amides is 1. The maximum Gasteiger partial charge on any atom is 0.417 e. The number of aromatic nitrogens is 3. The average Bonchev–Trinajstić information content (AvgIpc) is 2.97. The van der Waals surface area contributed by atoms with Gasteiger partial charge in [0, 0.05) is 11.1 Å². The Bertz CT molecular complexity index is 1220. The lowest BCUT2D eigenvalue weighted by Gasteiger charge is -2.07. The van der Waals surface area contributed by atoms with Crippen LogP contribution in [0, 0.1) is 0 Å². The molecule has 124 valence electrons. The molecular formula is C17H12N4O4. The highest BCUT2D eigenvalue weighted by Gasteiger charge is 2.10. The Hall–Kier alpha value is -3.68. The zero-order valence-corrected chi connectivity index (χ0v) is 12.9. The lowest BCUT2D eigenvalue weighted by Crippen LogP contribution is -2.29. The summed E-state index contributed by atoms with van der Waals surface area (Å²) in [6.45, 7) is -0.219. The number of carbonyl (C=O) groups is 1. The van der Waals surface area contributed by atoms with E-state index in [1.165, 1.54) is 0 Å². The molecule has 2 aromatic carbocycles. The zero-order chi connectivity index (χ0) is 17.4. The van der Waals surface area contributed by atoms with Crippen LogP contribution in [0.1, 0.15) is 0 Å². The predicted octanol–water partition coefficient (Wildman–Crippen LogP) is 1.47. The average molecular weight is 336 g/mol. The normalized spacial score (nSPS) is 11.0. The fourth-order valence-electron chi connectivity index (χ4n) is 2.61. The van der Waals surface area contributed by atoms with E-state index in [1.54, 1.807) is 42.6 Å². The van der Waals surface area contributed by atoms with Crippen molar-refractivity contribution in [3.8, 4) is 0 Å². The van der Waals surface area contributed by atoms with Crippen molar-refractivity contribution >= 4 is 33.5 Å². The van der Waals surface area contributed by atoms with E-state index >= 15 is 0 Å². The minimum absolute atomic E-state index is 0.219. The molecule has 8 heteroatoms. The van der Waals surface area contributed by atoms with Gasteiger partial charge < -0.3 is 9.73 Å². The van der Waals surface area contributed by atoms with Gasteiger partial charge in [0.15, 0.2) is 5.58 Å². The summed E-state index contributed by atoms with van der Waals surface area (Å²) in [6.07, 6.45) is 1.55. The van der Waals surface area contributed by atoms with E-state index in [2.05, 4.69) is 15.4 Å². The largest absolute Gasteiger partial charge is 0.417 e. The Kier molecular flexibility index (Phi) is 3.42. The van der Waals surface area contributed by atoms with Gasteiger partial charge >= 0.3 is 5.76 Å². The highest BCUT2D eigenvalue weighted by molar-refractivity contribution is 5.92. The van der Waals surface area contributed by atoms with E-state index in [-0.39, 0.29) is 12.1 Å². The number of H-pyrrole nitrogens is 1. The first-order valence-corrected chi connectivity index (χ1v) is 7.48. The number of oxazole rings is 1. The van der Waals surface area contributed by atoms with E-state index in [1.807, 2.05) is 6.07 Å². The second kappa shape index (κ2) is 5.75. The molecule has 25 heavy (non-hydrogen) atoms. The number of hydrogen-bond donors (Lipinski definition) is 2. The molecule has 4 aromatic rings. The second-order valence-corrected chi connectivity index (χ2v) is 5.47. The van der Waals surface area contributed by atoms with Gasteiger partial charge in [-0.25, -0.2) is 9.48 Å². The summed E-state index contributed by atoms with van der Waals surface area (Å²) >= 11 is 0. The van der Waals surface area contributed by atoms with Crippen molar-refractivity contribution in [2.45, 2.75) is 6.54 Å². The molecule has 1 amide bonds. The molecule has 4 rings (SSSR count). The van der Waals surface area contributed by atoms with Gasteiger partial charge in [-0.2, -0.15) is 5.10 Å². The van der Waals surface area contributed by atoms with Crippen LogP contribution < -0.4 is 16.6 Å². The van der Waals surface area contributed by atoms with Crippen molar-refractivity contribution in [3.63, 3.8) is 0 Å². The summed E-state index contributed by atoms with van der Waals surface area (Å²) in [5, 5.41) is 7.91. The zero-order valence-electron chi connectivity index (χ0n) is 12.9. The van der Waals surface area contributed by atoms with Gasteiger partial charge in [-0.05, 0) is 24.3 Å². The number of nitrogens with zero attached hydrogens (tertiary/aromatic N) is 2. The lowest BCUT2D eigenvalue weighted by molar-refractivity contribution is -0.117. The first-order valence-electron chi connectivity index (χ1n) is 7.48. The molecule has 2 heterocycles. The van der Waals surface area contributed by atoms with Crippen molar-refractivity contribution in [1.29, 1.82) is 0 Å². The molecule has 0 aliphatic rings. The van der Waals surface area contributed by atoms with Gasteiger partial charge in [-0.15, -0.1) is 0 Å². The van der Waals surface area contributed by atoms with E-state index < -0.39 is 11.7 Å². The van der Waals surface area contributed by atoms with E-state index in [4.69, 9.17) is 4.42 Å². The number of rotatable bonds is 3. The number of aromatic amines is 1. The molecule has 0 atom stereocenters. The Morgan fingerprint density at radius 3 is 2.92 bits per heavy atom. The lowest BCUT2D eigenvalue weighted by atomic mass is 10.2. The molecule has 0 unspecified atom stereocenters. The standard InChI is InChI=1S/C17H12N4O4/c22-15(19-11-5-6-14-13(7-11)20-17(24)25-14)9-21-16(23)12-4-2-1-3-10(12)8-18-21/h1-8H,9H2,(H,19,22)(H,20,24). The fourth-order valence-corrected chi connectivity index (χ4v) is 2.61. The number of nitrogens with one attached hydrogen (secondary N) is 2. The van der Waals surface area contributed by atoms with Gasteiger partial charge in [-0.3, -0.25) is 14.6 Å². The molecule has 0 saturated heterocycles. The van der Waals surface area contributed by atoms with Crippen molar-refractivity contribution in [2.24, 2.45) is 0 Å². The highest BCUT2D eigenvalue weighted by atomic mass is 16.4. The van der Waals surface area contributed by atoms with E-state index in [0.717, 1.165) is 10.1 Å². The molecule has 8 nitrogen and oxygen atoms in total. The van der Waals surface area contributed by atoms with Crippen LogP contribution in [0.3, 0.4) is 0 Å². The first-order chi connectivity index (χ1) is 12.1. The molecule has 0 aliphatic carbocycles. The molecule has 2 aromatic heterocycles.